The number of hydrogen-bond acceptors (Lipinski definition) is 4. The number of hydrogen-bond donors (Lipinski definition) is 1. The van der Waals surface area contributed by atoms with E-state index in [2.05, 4.69) is 21.9 Å². The number of rotatable bonds is 4. The van der Waals surface area contributed by atoms with Crippen molar-refractivity contribution in [2.45, 2.75) is 6.42 Å². The summed E-state index contributed by atoms with van der Waals surface area (Å²) in [5, 5.41) is 0. The van der Waals surface area contributed by atoms with Crippen molar-refractivity contribution in [3.63, 3.8) is 0 Å². The maximum Gasteiger partial charge on any atom is 0.241 e. The Morgan fingerprint density at radius 1 is 1.00 bits per heavy atom. The molecule has 1 amide bonds. The SMILES string of the molecule is Cl.Cl.NCCN1CCN(CC(=O)N2CCc3ccccc32)CC1. The standard InChI is InChI=1S/C16H24N4O.2ClH/c17-6-8-18-9-11-19(12-10-18)13-16(21)20-7-5-14-3-1-2-4-15(14)20;;/h1-4H,5-13,17H2;2*1H. The third kappa shape index (κ3) is 4.81. The van der Waals surface area contributed by atoms with Gasteiger partial charge in [-0.25, -0.2) is 0 Å². The molecule has 5 nitrogen and oxygen atoms in total. The molecule has 1 saturated heterocycles. The number of benzene rings is 1. The Balaban J connectivity index is 0.00000132. The molecule has 0 saturated carbocycles. The lowest BCUT2D eigenvalue weighted by Crippen LogP contribution is -2.50. The summed E-state index contributed by atoms with van der Waals surface area (Å²) >= 11 is 0. The van der Waals surface area contributed by atoms with E-state index in [1.165, 1.54) is 5.56 Å². The van der Waals surface area contributed by atoms with Crippen LogP contribution in [0.25, 0.3) is 0 Å². The van der Waals surface area contributed by atoms with Gasteiger partial charge in [-0.2, -0.15) is 0 Å². The van der Waals surface area contributed by atoms with E-state index in [0.29, 0.717) is 13.1 Å². The van der Waals surface area contributed by atoms with E-state index in [0.717, 1.165) is 51.4 Å². The van der Waals surface area contributed by atoms with E-state index in [1.807, 2.05) is 17.0 Å². The Kier molecular flexibility index (Phi) is 8.29. The van der Waals surface area contributed by atoms with Crippen LogP contribution in [0, 0.1) is 0 Å². The topological polar surface area (TPSA) is 52.8 Å². The van der Waals surface area contributed by atoms with Crippen molar-refractivity contribution in [1.82, 2.24) is 9.80 Å². The Labute approximate surface area is 150 Å². The van der Waals surface area contributed by atoms with Gasteiger partial charge in [-0.1, -0.05) is 18.2 Å². The van der Waals surface area contributed by atoms with E-state index < -0.39 is 0 Å². The second kappa shape index (κ2) is 9.45. The van der Waals surface area contributed by atoms with E-state index >= 15 is 0 Å². The van der Waals surface area contributed by atoms with Gasteiger partial charge in [0.2, 0.25) is 5.91 Å². The number of nitrogens with zero attached hydrogens (tertiary/aromatic N) is 3. The summed E-state index contributed by atoms with van der Waals surface area (Å²) in [4.78, 5) is 19.1. The first-order valence-corrected chi connectivity index (χ1v) is 7.81. The van der Waals surface area contributed by atoms with E-state index in [1.54, 1.807) is 0 Å². The number of anilines is 1. The third-order valence-electron chi connectivity index (χ3n) is 4.46. The molecule has 0 bridgehead atoms. The number of piperazine rings is 1. The van der Waals surface area contributed by atoms with Crippen molar-refractivity contribution in [1.29, 1.82) is 0 Å². The molecule has 0 atom stereocenters. The van der Waals surface area contributed by atoms with Gasteiger partial charge < -0.3 is 10.6 Å². The van der Waals surface area contributed by atoms with Crippen LogP contribution in [0.1, 0.15) is 5.56 Å². The Morgan fingerprint density at radius 3 is 2.35 bits per heavy atom. The predicted molar refractivity (Wildman–Crippen MR) is 98.9 cm³/mol. The highest BCUT2D eigenvalue weighted by molar-refractivity contribution is 5.96. The fourth-order valence-corrected chi connectivity index (χ4v) is 3.23. The number of para-hydroxylation sites is 1. The first-order valence-electron chi connectivity index (χ1n) is 7.81. The van der Waals surface area contributed by atoms with Crippen molar-refractivity contribution in [3.8, 4) is 0 Å². The highest BCUT2D eigenvalue weighted by Gasteiger charge is 2.26. The Hall–Kier alpha value is -0.850. The number of carbonyl (C=O) groups excluding carboxylic acids is 1. The molecular weight excluding hydrogens is 335 g/mol. The van der Waals surface area contributed by atoms with Gasteiger partial charge in [0.05, 0.1) is 6.54 Å². The maximum atomic E-state index is 12.5. The molecule has 0 radical (unpaired) electrons. The molecule has 1 aromatic rings. The largest absolute Gasteiger partial charge is 0.329 e. The molecule has 1 fully saturated rings. The molecule has 0 unspecified atom stereocenters. The second-order valence-electron chi connectivity index (χ2n) is 5.83. The normalized spacial score (nSPS) is 18.0. The molecule has 2 aliphatic rings. The highest BCUT2D eigenvalue weighted by atomic mass is 35.5. The minimum Gasteiger partial charge on any atom is -0.329 e. The minimum atomic E-state index is 0. The summed E-state index contributed by atoms with van der Waals surface area (Å²) in [5.41, 5.74) is 7.98. The second-order valence-corrected chi connectivity index (χ2v) is 5.83. The average molecular weight is 361 g/mol. The van der Waals surface area contributed by atoms with E-state index in [-0.39, 0.29) is 30.7 Å². The summed E-state index contributed by atoms with van der Waals surface area (Å²) in [5.74, 6) is 0.229. The maximum absolute atomic E-state index is 12.5. The van der Waals surface area contributed by atoms with Crippen LogP contribution >= 0.6 is 24.8 Å². The zero-order valence-corrected chi connectivity index (χ0v) is 15.0. The molecule has 2 heterocycles. The number of nitrogens with two attached hydrogens (primary N) is 1. The van der Waals surface area contributed by atoms with Gasteiger partial charge in [-0.05, 0) is 18.1 Å². The molecule has 2 N–H and O–H groups in total. The van der Waals surface area contributed by atoms with E-state index in [4.69, 9.17) is 5.73 Å². The molecule has 23 heavy (non-hydrogen) atoms. The summed E-state index contributed by atoms with van der Waals surface area (Å²) in [6.07, 6.45) is 0.978. The zero-order valence-electron chi connectivity index (χ0n) is 13.3. The predicted octanol–water partition coefficient (Wildman–Crippen LogP) is 0.996. The van der Waals surface area contributed by atoms with Crippen molar-refractivity contribution in [2.75, 3.05) is 57.3 Å². The zero-order chi connectivity index (χ0) is 14.7. The molecular formula is C16H26Cl2N4O. The van der Waals surface area contributed by atoms with Crippen LogP contribution in [0.15, 0.2) is 24.3 Å². The molecule has 0 aliphatic carbocycles. The molecule has 0 spiro atoms. The minimum absolute atomic E-state index is 0. The van der Waals surface area contributed by atoms with Gasteiger partial charge in [0.25, 0.3) is 0 Å². The van der Waals surface area contributed by atoms with Gasteiger partial charge in [0, 0.05) is 51.5 Å². The molecule has 130 valence electrons. The van der Waals surface area contributed by atoms with Crippen LogP contribution in [0.3, 0.4) is 0 Å². The van der Waals surface area contributed by atoms with Crippen molar-refractivity contribution < 1.29 is 4.79 Å². The first kappa shape index (κ1) is 20.2. The molecule has 0 aromatic heterocycles. The lowest BCUT2D eigenvalue weighted by atomic mass is 10.2. The summed E-state index contributed by atoms with van der Waals surface area (Å²) in [7, 11) is 0. The van der Waals surface area contributed by atoms with Crippen LogP contribution < -0.4 is 10.6 Å². The number of halogens is 2. The van der Waals surface area contributed by atoms with Crippen LogP contribution in [-0.2, 0) is 11.2 Å². The first-order chi connectivity index (χ1) is 10.3. The van der Waals surface area contributed by atoms with Gasteiger partial charge >= 0.3 is 0 Å². The lowest BCUT2D eigenvalue weighted by molar-refractivity contribution is -0.120. The Bertz CT molecular complexity index is 507. The highest BCUT2D eigenvalue weighted by Crippen LogP contribution is 2.27. The van der Waals surface area contributed by atoms with Gasteiger partial charge in [-0.15, -0.1) is 24.8 Å². The molecule has 1 aromatic carbocycles. The summed E-state index contributed by atoms with van der Waals surface area (Å²) in [6.45, 7) is 6.98. The fraction of sp³-hybridized carbons (Fsp3) is 0.562. The molecule has 3 rings (SSSR count). The van der Waals surface area contributed by atoms with Crippen molar-refractivity contribution in [2.24, 2.45) is 5.73 Å². The summed E-state index contributed by atoms with van der Waals surface area (Å²) < 4.78 is 0. The lowest BCUT2D eigenvalue weighted by Gasteiger charge is -2.34. The smallest absolute Gasteiger partial charge is 0.241 e. The van der Waals surface area contributed by atoms with Gasteiger partial charge in [-0.3, -0.25) is 14.6 Å². The Morgan fingerprint density at radius 2 is 1.65 bits per heavy atom. The summed E-state index contributed by atoms with van der Waals surface area (Å²) in [6, 6.07) is 8.23. The van der Waals surface area contributed by atoms with Gasteiger partial charge in [0.1, 0.15) is 0 Å². The van der Waals surface area contributed by atoms with E-state index in [9.17, 15) is 4.79 Å². The number of amides is 1. The number of fused-ring (bicyclic) bond motifs is 1. The average Bonchev–Trinajstić information content (AvgIpc) is 2.93. The monoisotopic (exact) mass is 360 g/mol. The van der Waals surface area contributed by atoms with Crippen LogP contribution in [0.2, 0.25) is 0 Å². The molecule has 2 aliphatic heterocycles. The third-order valence-corrected chi connectivity index (χ3v) is 4.46. The molecule has 7 heteroatoms. The van der Waals surface area contributed by atoms with Crippen LogP contribution in [0.5, 0.6) is 0 Å². The number of carbonyl (C=O) groups is 1. The fourth-order valence-electron chi connectivity index (χ4n) is 3.23. The van der Waals surface area contributed by atoms with Crippen molar-refractivity contribution in [3.05, 3.63) is 29.8 Å². The van der Waals surface area contributed by atoms with Crippen LogP contribution in [0.4, 0.5) is 5.69 Å². The quantitative estimate of drug-likeness (QED) is 0.869. The van der Waals surface area contributed by atoms with Crippen molar-refractivity contribution >= 4 is 36.4 Å². The van der Waals surface area contributed by atoms with Gasteiger partial charge in [0.15, 0.2) is 0 Å². The van der Waals surface area contributed by atoms with Crippen LogP contribution in [-0.4, -0.2) is 68.1 Å².